The molecule has 106 valence electrons. The molecule has 0 aromatic rings. The van der Waals surface area contributed by atoms with E-state index in [0.29, 0.717) is 12.3 Å². The van der Waals surface area contributed by atoms with Crippen LogP contribution >= 0.6 is 11.6 Å². The lowest BCUT2D eigenvalue weighted by atomic mass is 10.0. The number of allylic oxidation sites excluding steroid dienone is 2. The van der Waals surface area contributed by atoms with Gasteiger partial charge in [-0.3, -0.25) is 0 Å². The normalized spacial score (nSPS) is 12.5. The topological polar surface area (TPSA) is 20.2 Å². The van der Waals surface area contributed by atoms with Crippen molar-refractivity contribution in [2.45, 2.75) is 51.6 Å². The number of aliphatic hydroxyl groups excluding tert-OH is 1. The van der Waals surface area contributed by atoms with Crippen LogP contribution in [0.15, 0.2) is 36.5 Å². The van der Waals surface area contributed by atoms with Gasteiger partial charge in [-0.05, 0) is 45.1 Å². The maximum absolute atomic E-state index is 9.78. The fraction of sp³-hybridized carbons (Fsp3) is 0.529. The molecule has 0 aromatic heterocycles. The summed E-state index contributed by atoms with van der Waals surface area (Å²) < 4.78 is 0. The van der Waals surface area contributed by atoms with E-state index >= 15 is 0 Å². The molecule has 0 saturated carbocycles. The Morgan fingerprint density at radius 2 is 2.11 bits per heavy atom. The molecule has 0 spiro atoms. The molecule has 0 bridgehead atoms. The largest absolute Gasteiger partial charge is 0.389 e. The lowest BCUT2D eigenvalue weighted by Crippen LogP contribution is -2.01. The third kappa shape index (κ3) is 11.8. The van der Waals surface area contributed by atoms with E-state index in [1.165, 1.54) is 5.57 Å². The van der Waals surface area contributed by atoms with Crippen LogP contribution in [0, 0.1) is 11.8 Å². The van der Waals surface area contributed by atoms with Crippen LogP contribution in [-0.2, 0) is 0 Å². The number of halogens is 1. The molecule has 19 heavy (non-hydrogen) atoms. The van der Waals surface area contributed by atoms with Gasteiger partial charge in [0, 0.05) is 17.9 Å². The predicted molar refractivity (Wildman–Crippen MR) is 85.3 cm³/mol. The number of unbranched alkanes of at least 4 members (excludes halogenated alkanes) is 1. The lowest BCUT2D eigenvalue weighted by Gasteiger charge is -2.05. The van der Waals surface area contributed by atoms with E-state index in [4.69, 9.17) is 11.6 Å². The molecule has 0 aliphatic heterocycles. The Morgan fingerprint density at radius 1 is 1.37 bits per heavy atom. The highest BCUT2D eigenvalue weighted by molar-refractivity contribution is 6.17. The minimum Gasteiger partial charge on any atom is -0.389 e. The van der Waals surface area contributed by atoms with Gasteiger partial charge in [0.1, 0.15) is 0 Å². The van der Waals surface area contributed by atoms with Crippen molar-refractivity contribution >= 4 is 11.6 Å². The van der Waals surface area contributed by atoms with Gasteiger partial charge in [0.25, 0.3) is 0 Å². The van der Waals surface area contributed by atoms with Crippen LogP contribution in [0.3, 0.4) is 0 Å². The Labute approximate surface area is 123 Å². The number of hydrogen-bond donors (Lipinski definition) is 1. The van der Waals surface area contributed by atoms with Crippen LogP contribution in [0.25, 0.3) is 0 Å². The smallest absolute Gasteiger partial charge is 0.0767 e. The molecule has 0 radical (unpaired) electrons. The van der Waals surface area contributed by atoms with Crippen LogP contribution in [0.2, 0.25) is 0 Å². The van der Waals surface area contributed by atoms with Crippen molar-refractivity contribution in [2.24, 2.45) is 0 Å². The number of hydrogen-bond acceptors (Lipinski definition) is 1. The van der Waals surface area contributed by atoms with E-state index < -0.39 is 6.10 Å². The monoisotopic (exact) mass is 280 g/mol. The zero-order valence-electron chi connectivity index (χ0n) is 11.9. The molecule has 1 nitrogen and oxygen atoms in total. The maximum Gasteiger partial charge on any atom is 0.0767 e. The number of alkyl halides is 1. The van der Waals surface area contributed by atoms with Gasteiger partial charge in [-0.1, -0.05) is 23.5 Å². The Balaban J connectivity index is 4.47. The lowest BCUT2D eigenvalue weighted by molar-refractivity contribution is 0.226. The van der Waals surface area contributed by atoms with Crippen LogP contribution in [-0.4, -0.2) is 17.1 Å². The summed E-state index contributed by atoms with van der Waals surface area (Å²) in [6.07, 6.45) is 8.25. The van der Waals surface area contributed by atoms with Crippen molar-refractivity contribution in [3.63, 3.8) is 0 Å². The van der Waals surface area contributed by atoms with Gasteiger partial charge in [-0.25, -0.2) is 0 Å². The third-order valence-corrected chi connectivity index (χ3v) is 2.80. The van der Waals surface area contributed by atoms with Gasteiger partial charge in [0.05, 0.1) is 6.10 Å². The van der Waals surface area contributed by atoms with Gasteiger partial charge >= 0.3 is 0 Å². The number of aliphatic hydroxyl groups is 1. The van der Waals surface area contributed by atoms with Gasteiger partial charge in [0.2, 0.25) is 0 Å². The molecule has 0 heterocycles. The Bertz CT molecular complexity index is 357. The Morgan fingerprint density at radius 3 is 2.68 bits per heavy atom. The molecule has 0 aliphatic rings. The molecular weight excluding hydrogens is 256 g/mol. The highest BCUT2D eigenvalue weighted by atomic mass is 35.5. The van der Waals surface area contributed by atoms with Crippen molar-refractivity contribution in [1.29, 1.82) is 0 Å². The summed E-state index contributed by atoms with van der Waals surface area (Å²) in [7, 11) is 0. The average molecular weight is 281 g/mol. The molecule has 0 aromatic carbocycles. The molecule has 0 amide bonds. The summed E-state index contributed by atoms with van der Waals surface area (Å²) in [6.45, 7) is 9.55. The molecule has 2 heteroatoms. The molecule has 1 atom stereocenters. The molecule has 0 fully saturated rings. The molecule has 0 saturated heterocycles. The first-order chi connectivity index (χ1) is 9.10. The standard InChI is InChI=1S/C17H25ClO/c1-4-9-17(19)14-16(11-6-5-7-13-18)12-8-10-15(2)3/h4,14,17,19H,1-2,5,7-10,12-13H2,3H3/b16-14+. The average Bonchev–Trinajstić information content (AvgIpc) is 2.34. The molecule has 1 unspecified atom stereocenters. The highest BCUT2D eigenvalue weighted by Gasteiger charge is 2.00. The molecule has 1 N–H and O–H groups in total. The van der Waals surface area contributed by atoms with Gasteiger partial charge in [0.15, 0.2) is 0 Å². The predicted octanol–water partition coefficient (Wildman–Crippen LogP) is 4.62. The fourth-order valence-electron chi connectivity index (χ4n) is 1.57. The summed E-state index contributed by atoms with van der Waals surface area (Å²) in [6, 6.07) is 0. The second-order valence-electron chi connectivity index (χ2n) is 4.69. The maximum atomic E-state index is 9.78. The first-order valence-electron chi connectivity index (χ1n) is 6.79. The Hall–Kier alpha value is -0.970. The van der Waals surface area contributed by atoms with Crippen LogP contribution in [0.5, 0.6) is 0 Å². The van der Waals surface area contributed by atoms with E-state index in [2.05, 4.69) is 25.0 Å². The van der Waals surface area contributed by atoms with Gasteiger partial charge < -0.3 is 5.11 Å². The summed E-state index contributed by atoms with van der Waals surface area (Å²) in [5.74, 6) is 6.90. The van der Waals surface area contributed by atoms with Crippen molar-refractivity contribution in [1.82, 2.24) is 0 Å². The van der Waals surface area contributed by atoms with Crippen molar-refractivity contribution in [3.8, 4) is 11.8 Å². The minimum absolute atomic E-state index is 0.486. The second-order valence-corrected chi connectivity index (χ2v) is 5.07. The summed E-state index contributed by atoms with van der Waals surface area (Å²) in [5.41, 5.74) is 2.19. The van der Waals surface area contributed by atoms with E-state index in [9.17, 15) is 5.11 Å². The van der Waals surface area contributed by atoms with E-state index in [1.807, 2.05) is 13.0 Å². The zero-order valence-corrected chi connectivity index (χ0v) is 12.7. The SMILES string of the molecule is C=CCC(O)/C=C(\C#CCCCCl)CCCC(=C)C. The Kier molecular flexibility index (Phi) is 11.5. The highest BCUT2D eigenvalue weighted by Crippen LogP contribution is 2.12. The van der Waals surface area contributed by atoms with Crippen LogP contribution in [0.4, 0.5) is 0 Å². The van der Waals surface area contributed by atoms with Crippen LogP contribution in [0.1, 0.15) is 45.4 Å². The summed E-state index contributed by atoms with van der Waals surface area (Å²) in [4.78, 5) is 0. The summed E-state index contributed by atoms with van der Waals surface area (Å²) in [5, 5.41) is 9.78. The van der Waals surface area contributed by atoms with Crippen molar-refractivity contribution in [3.05, 3.63) is 36.5 Å². The summed E-state index contributed by atoms with van der Waals surface area (Å²) >= 11 is 5.62. The van der Waals surface area contributed by atoms with E-state index in [-0.39, 0.29) is 0 Å². The third-order valence-electron chi connectivity index (χ3n) is 2.54. The van der Waals surface area contributed by atoms with Crippen molar-refractivity contribution in [2.75, 3.05) is 5.88 Å². The van der Waals surface area contributed by atoms with Gasteiger partial charge in [-0.2, -0.15) is 0 Å². The fourth-order valence-corrected chi connectivity index (χ4v) is 1.70. The van der Waals surface area contributed by atoms with E-state index in [0.717, 1.165) is 37.7 Å². The first-order valence-corrected chi connectivity index (χ1v) is 7.32. The molecule has 0 rings (SSSR count). The van der Waals surface area contributed by atoms with Crippen LogP contribution < -0.4 is 0 Å². The molecular formula is C17H25ClO. The van der Waals surface area contributed by atoms with Gasteiger partial charge in [-0.15, -0.1) is 24.8 Å². The second kappa shape index (κ2) is 12.1. The van der Waals surface area contributed by atoms with E-state index in [1.54, 1.807) is 6.08 Å². The zero-order chi connectivity index (χ0) is 14.5. The molecule has 0 aliphatic carbocycles. The number of rotatable bonds is 9. The quantitative estimate of drug-likeness (QED) is 0.283. The minimum atomic E-state index is -0.486. The first kappa shape index (κ1) is 18.0. The van der Waals surface area contributed by atoms with Crippen molar-refractivity contribution < 1.29 is 5.11 Å².